The van der Waals surface area contributed by atoms with Gasteiger partial charge in [-0.05, 0) is 49.4 Å². The third-order valence-corrected chi connectivity index (χ3v) is 3.51. The Labute approximate surface area is 136 Å². The van der Waals surface area contributed by atoms with Crippen molar-refractivity contribution in [3.05, 3.63) is 84.4 Å². The summed E-state index contributed by atoms with van der Waals surface area (Å²) >= 11 is 0. The lowest BCUT2D eigenvalue weighted by Crippen LogP contribution is -2.02. The lowest BCUT2D eigenvalue weighted by atomic mass is 10.1. The molecule has 3 nitrogen and oxygen atoms in total. The van der Waals surface area contributed by atoms with E-state index in [0.717, 1.165) is 22.7 Å². The van der Waals surface area contributed by atoms with Gasteiger partial charge in [0.25, 0.3) is 0 Å². The van der Waals surface area contributed by atoms with Gasteiger partial charge < -0.3 is 10.6 Å². The molecule has 0 saturated heterocycles. The largest absolute Gasteiger partial charge is 0.356 e. The van der Waals surface area contributed by atoms with Gasteiger partial charge in [-0.1, -0.05) is 36.4 Å². The van der Waals surface area contributed by atoms with Crippen LogP contribution in [-0.2, 0) is 0 Å². The topological polar surface area (TPSA) is 41.1 Å². The van der Waals surface area contributed by atoms with Crippen molar-refractivity contribution in [1.29, 1.82) is 0 Å². The molecule has 3 heteroatoms. The number of Topliss-reactive ketones (excluding diaryl/α,β-unsaturated/α-hetero) is 1. The SMILES string of the molecule is CC(=O)c1cc(Nc2ccccc2)ccc1Nc1ccccc1. The maximum absolute atomic E-state index is 12.0. The van der Waals surface area contributed by atoms with Crippen LogP contribution in [0.4, 0.5) is 22.7 Å². The third-order valence-electron chi connectivity index (χ3n) is 3.51. The standard InChI is InChI=1S/C20H18N2O/c1-15(23)19-14-18(21-16-8-4-2-5-9-16)12-13-20(19)22-17-10-6-3-7-11-17/h2-14,21-22H,1H3. The van der Waals surface area contributed by atoms with Crippen LogP contribution in [0.25, 0.3) is 0 Å². The van der Waals surface area contributed by atoms with Gasteiger partial charge in [0.2, 0.25) is 0 Å². The molecule has 0 aliphatic rings. The molecule has 0 radical (unpaired) electrons. The number of carbonyl (C=O) groups excluding carboxylic acids is 1. The first-order valence-corrected chi connectivity index (χ1v) is 7.51. The van der Waals surface area contributed by atoms with Crippen molar-refractivity contribution in [2.45, 2.75) is 6.92 Å². The van der Waals surface area contributed by atoms with Crippen LogP contribution in [0.3, 0.4) is 0 Å². The van der Waals surface area contributed by atoms with Gasteiger partial charge in [-0.25, -0.2) is 0 Å². The molecule has 114 valence electrons. The summed E-state index contributed by atoms with van der Waals surface area (Å²) in [5.74, 6) is 0.0279. The summed E-state index contributed by atoms with van der Waals surface area (Å²) in [7, 11) is 0. The van der Waals surface area contributed by atoms with Gasteiger partial charge in [0, 0.05) is 28.3 Å². The van der Waals surface area contributed by atoms with Crippen molar-refractivity contribution in [3.63, 3.8) is 0 Å². The predicted octanol–water partition coefficient (Wildman–Crippen LogP) is 5.38. The van der Waals surface area contributed by atoms with E-state index < -0.39 is 0 Å². The fourth-order valence-electron chi connectivity index (χ4n) is 2.39. The molecule has 23 heavy (non-hydrogen) atoms. The molecule has 0 aliphatic carbocycles. The van der Waals surface area contributed by atoms with Gasteiger partial charge >= 0.3 is 0 Å². The molecule has 0 spiro atoms. The minimum absolute atomic E-state index is 0.0279. The van der Waals surface area contributed by atoms with Gasteiger partial charge in [-0.15, -0.1) is 0 Å². The normalized spacial score (nSPS) is 10.1. The molecular formula is C20H18N2O. The predicted molar refractivity (Wildman–Crippen MR) is 95.9 cm³/mol. The molecule has 0 aliphatic heterocycles. The zero-order chi connectivity index (χ0) is 16.1. The highest BCUT2D eigenvalue weighted by atomic mass is 16.1. The summed E-state index contributed by atoms with van der Waals surface area (Å²) in [6.45, 7) is 1.58. The van der Waals surface area contributed by atoms with E-state index in [1.54, 1.807) is 6.92 Å². The summed E-state index contributed by atoms with van der Waals surface area (Å²) in [6.07, 6.45) is 0. The van der Waals surface area contributed by atoms with Crippen LogP contribution in [0.5, 0.6) is 0 Å². The first-order valence-electron chi connectivity index (χ1n) is 7.51. The highest BCUT2D eigenvalue weighted by Gasteiger charge is 2.09. The number of carbonyl (C=O) groups is 1. The minimum Gasteiger partial charge on any atom is -0.356 e. The van der Waals surface area contributed by atoms with Crippen LogP contribution >= 0.6 is 0 Å². The van der Waals surface area contributed by atoms with E-state index >= 15 is 0 Å². The Kier molecular flexibility index (Phi) is 4.39. The van der Waals surface area contributed by atoms with Gasteiger partial charge in [0.1, 0.15) is 0 Å². The van der Waals surface area contributed by atoms with Crippen molar-refractivity contribution in [2.75, 3.05) is 10.6 Å². The highest BCUT2D eigenvalue weighted by Crippen LogP contribution is 2.26. The maximum Gasteiger partial charge on any atom is 0.161 e. The van der Waals surface area contributed by atoms with Crippen molar-refractivity contribution < 1.29 is 4.79 Å². The van der Waals surface area contributed by atoms with Gasteiger partial charge in [-0.2, -0.15) is 0 Å². The second-order valence-electron chi connectivity index (χ2n) is 5.30. The Balaban J connectivity index is 1.88. The number of rotatable bonds is 5. The van der Waals surface area contributed by atoms with E-state index in [2.05, 4.69) is 10.6 Å². The third kappa shape index (κ3) is 3.77. The van der Waals surface area contributed by atoms with Gasteiger partial charge in [0.05, 0.1) is 0 Å². The minimum atomic E-state index is 0.0279. The van der Waals surface area contributed by atoms with E-state index in [9.17, 15) is 4.79 Å². The molecule has 0 unspecified atom stereocenters. The average molecular weight is 302 g/mol. The number of hydrogen-bond donors (Lipinski definition) is 2. The molecule has 3 rings (SSSR count). The number of ketones is 1. The Hall–Kier alpha value is -3.07. The van der Waals surface area contributed by atoms with Crippen LogP contribution in [0.1, 0.15) is 17.3 Å². The van der Waals surface area contributed by atoms with Crippen molar-refractivity contribution >= 4 is 28.5 Å². The second kappa shape index (κ2) is 6.79. The number of hydrogen-bond acceptors (Lipinski definition) is 3. The molecule has 3 aromatic rings. The van der Waals surface area contributed by atoms with Gasteiger partial charge in [0.15, 0.2) is 5.78 Å². The summed E-state index contributed by atoms with van der Waals surface area (Å²) in [6, 6.07) is 25.5. The molecule has 0 atom stereocenters. The first-order chi connectivity index (χ1) is 11.2. The van der Waals surface area contributed by atoms with Gasteiger partial charge in [-0.3, -0.25) is 4.79 Å². The molecule has 0 aromatic heterocycles. The Morgan fingerprint density at radius 1 is 0.696 bits per heavy atom. The van der Waals surface area contributed by atoms with E-state index in [-0.39, 0.29) is 5.78 Å². The highest BCUT2D eigenvalue weighted by molar-refractivity contribution is 6.01. The Bertz CT molecular complexity index is 798. The molecule has 0 fully saturated rings. The summed E-state index contributed by atoms with van der Waals surface area (Å²) < 4.78 is 0. The Morgan fingerprint density at radius 2 is 1.26 bits per heavy atom. The van der Waals surface area contributed by atoms with E-state index in [1.807, 2.05) is 78.9 Å². The number of benzene rings is 3. The molecule has 0 heterocycles. The fourth-order valence-corrected chi connectivity index (χ4v) is 2.39. The lowest BCUT2D eigenvalue weighted by Gasteiger charge is -2.13. The fraction of sp³-hybridized carbons (Fsp3) is 0.0500. The van der Waals surface area contributed by atoms with Crippen molar-refractivity contribution in [3.8, 4) is 0 Å². The van der Waals surface area contributed by atoms with Crippen molar-refractivity contribution in [2.24, 2.45) is 0 Å². The number of para-hydroxylation sites is 2. The van der Waals surface area contributed by atoms with E-state index in [4.69, 9.17) is 0 Å². The molecule has 2 N–H and O–H groups in total. The zero-order valence-corrected chi connectivity index (χ0v) is 12.9. The monoisotopic (exact) mass is 302 g/mol. The van der Waals surface area contributed by atoms with E-state index in [1.165, 1.54) is 0 Å². The summed E-state index contributed by atoms with van der Waals surface area (Å²) in [5.41, 5.74) is 4.31. The molecule has 0 bridgehead atoms. The van der Waals surface area contributed by atoms with E-state index in [0.29, 0.717) is 5.56 Å². The number of anilines is 4. The molecule has 3 aromatic carbocycles. The van der Waals surface area contributed by atoms with Crippen LogP contribution in [-0.4, -0.2) is 5.78 Å². The van der Waals surface area contributed by atoms with Crippen LogP contribution in [0, 0.1) is 0 Å². The smallest absolute Gasteiger partial charge is 0.161 e. The van der Waals surface area contributed by atoms with Crippen LogP contribution in [0.15, 0.2) is 78.9 Å². The Morgan fingerprint density at radius 3 is 1.83 bits per heavy atom. The quantitative estimate of drug-likeness (QED) is 0.622. The second-order valence-corrected chi connectivity index (χ2v) is 5.30. The number of nitrogens with one attached hydrogen (secondary N) is 2. The van der Waals surface area contributed by atoms with Crippen LogP contribution < -0.4 is 10.6 Å². The zero-order valence-electron chi connectivity index (χ0n) is 12.9. The summed E-state index contributed by atoms with van der Waals surface area (Å²) in [5, 5.41) is 6.61. The maximum atomic E-state index is 12.0. The molecular weight excluding hydrogens is 284 g/mol. The first kappa shape index (κ1) is 14.9. The van der Waals surface area contributed by atoms with Crippen molar-refractivity contribution in [1.82, 2.24) is 0 Å². The molecule has 0 amide bonds. The van der Waals surface area contributed by atoms with Crippen LogP contribution in [0.2, 0.25) is 0 Å². The lowest BCUT2D eigenvalue weighted by molar-refractivity contribution is 0.101. The average Bonchev–Trinajstić information content (AvgIpc) is 2.58. The molecule has 0 saturated carbocycles. The summed E-state index contributed by atoms with van der Waals surface area (Å²) in [4.78, 5) is 12.0.